The molecule has 160 valence electrons. The van der Waals surface area contributed by atoms with Crippen molar-refractivity contribution in [1.29, 1.82) is 0 Å². The highest BCUT2D eigenvalue weighted by Crippen LogP contribution is 2.27. The fourth-order valence-corrected chi connectivity index (χ4v) is 4.18. The first-order valence-electron chi connectivity index (χ1n) is 9.56. The van der Waals surface area contributed by atoms with E-state index in [4.69, 9.17) is 16.7 Å². The van der Waals surface area contributed by atoms with E-state index in [-0.39, 0.29) is 11.3 Å². The van der Waals surface area contributed by atoms with Gasteiger partial charge in [-0.05, 0) is 66.4 Å². The second kappa shape index (κ2) is 10.2. The fraction of sp³-hybridized carbons (Fsp3) is 0.130. The number of hydrogen-bond donors (Lipinski definition) is 2. The summed E-state index contributed by atoms with van der Waals surface area (Å²) in [6.07, 6.45) is 6.49. The van der Waals surface area contributed by atoms with E-state index >= 15 is 0 Å². The molecule has 3 rings (SSSR count). The summed E-state index contributed by atoms with van der Waals surface area (Å²) in [5.74, 6) is -0.838. The van der Waals surface area contributed by atoms with E-state index in [0.29, 0.717) is 23.6 Å². The Bertz CT molecular complexity index is 1180. The van der Waals surface area contributed by atoms with Crippen LogP contribution in [0, 0.1) is 0 Å². The number of halogens is 1. The predicted octanol–water partition coefficient (Wildman–Crippen LogP) is 5.22. The van der Waals surface area contributed by atoms with E-state index in [9.17, 15) is 13.2 Å². The van der Waals surface area contributed by atoms with Gasteiger partial charge < -0.3 is 5.11 Å². The molecular formula is C23H21ClN2O4S. The molecule has 0 atom stereocenters. The van der Waals surface area contributed by atoms with Gasteiger partial charge in [-0.2, -0.15) is 0 Å². The number of nitrogens with zero attached hydrogens (tertiary/aromatic N) is 1. The zero-order valence-corrected chi connectivity index (χ0v) is 18.1. The lowest BCUT2D eigenvalue weighted by Crippen LogP contribution is -2.12. The Morgan fingerprint density at radius 1 is 1.06 bits per heavy atom. The van der Waals surface area contributed by atoms with Crippen LogP contribution in [-0.2, 0) is 14.8 Å². The normalized spacial score (nSPS) is 11.8. The molecule has 3 aromatic rings. The summed E-state index contributed by atoms with van der Waals surface area (Å²) in [6.45, 7) is 0. The molecular weight excluding hydrogens is 436 g/mol. The SMILES string of the molecule is O=C(O)CCC/C=C(\c1cccnc1)c1cccc(NS(=O)(=O)c2ccc(Cl)cc2)c1. The number of aliphatic carboxylic acids is 1. The van der Waals surface area contributed by atoms with Crippen LogP contribution in [0.5, 0.6) is 0 Å². The number of nitrogens with one attached hydrogen (secondary N) is 1. The number of carbonyl (C=O) groups is 1. The molecule has 1 aromatic heterocycles. The topological polar surface area (TPSA) is 96.4 Å². The van der Waals surface area contributed by atoms with Crippen molar-refractivity contribution in [2.24, 2.45) is 0 Å². The fourth-order valence-electron chi connectivity index (χ4n) is 3.00. The summed E-state index contributed by atoms with van der Waals surface area (Å²) in [5, 5.41) is 9.32. The number of carboxylic acid groups (broad SMARTS) is 1. The van der Waals surface area contributed by atoms with Crippen molar-refractivity contribution >= 4 is 38.9 Å². The molecule has 0 spiro atoms. The number of hydrogen-bond acceptors (Lipinski definition) is 4. The van der Waals surface area contributed by atoms with Crippen molar-refractivity contribution in [3.63, 3.8) is 0 Å². The maximum Gasteiger partial charge on any atom is 0.303 e. The van der Waals surface area contributed by atoms with E-state index in [2.05, 4.69) is 9.71 Å². The summed E-state index contributed by atoms with van der Waals surface area (Å²) < 4.78 is 28.0. The van der Waals surface area contributed by atoms with Gasteiger partial charge >= 0.3 is 5.97 Å². The number of anilines is 1. The number of pyridine rings is 1. The summed E-state index contributed by atoms with van der Waals surface area (Å²) in [7, 11) is -3.77. The molecule has 2 N–H and O–H groups in total. The van der Waals surface area contributed by atoms with Crippen LogP contribution < -0.4 is 4.72 Å². The number of aromatic nitrogens is 1. The molecule has 31 heavy (non-hydrogen) atoms. The van der Waals surface area contributed by atoms with Gasteiger partial charge in [0.25, 0.3) is 10.0 Å². The number of carboxylic acids is 1. The van der Waals surface area contributed by atoms with Gasteiger partial charge in [-0.1, -0.05) is 35.9 Å². The van der Waals surface area contributed by atoms with Crippen LogP contribution in [0.25, 0.3) is 5.57 Å². The summed E-state index contributed by atoms with van der Waals surface area (Å²) in [5.41, 5.74) is 2.91. The highest BCUT2D eigenvalue weighted by molar-refractivity contribution is 7.92. The van der Waals surface area contributed by atoms with Crippen LogP contribution in [0.3, 0.4) is 0 Å². The molecule has 2 aromatic carbocycles. The zero-order chi connectivity index (χ0) is 22.3. The van der Waals surface area contributed by atoms with E-state index in [1.54, 1.807) is 30.6 Å². The number of rotatable bonds is 9. The third-order valence-corrected chi connectivity index (χ3v) is 6.11. The number of sulfonamides is 1. The Hall–Kier alpha value is -3.16. The second-order valence-electron chi connectivity index (χ2n) is 6.79. The third kappa shape index (κ3) is 6.41. The average Bonchev–Trinajstić information content (AvgIpc) is 2.74. The summed E-state index contributed by atoms with van der Waals surface area (Å²) in [4.78, 5) is 15.1. The van der Waals surface area contributed by atoms with Crippen LogP contribution in [0.2, 0.25) is 5.02 Å². The van der Waals surface area contributed by atoms with Crippen molar-refractivity contribution in [2.75, 3.05) is 4.72 Å². The van der Waals surface area contributed by atoms with Crippen molar-refractivity contribution in [3.8, 4) is 0 Å². The number of allylic oxidation sites excluding steroid dienone is 1. The third-order valence-electron chi connectivity index (χ3n) is 4.47. The predicted molar refractivity (Wildman–Crippen MR) is 122 cm³/mol. The first-order chi connectivity index (χ1) is 14.8. The smallest absolute Gasteiger partial charge is 0.303 e. The molecule has 0 fully saturated rings. The summed E-state index contributed by atoms with van der Waals surface area (Å²) >= 11 is 5.85. The van der Waals surface area contributed by atoms with Crippen LogP contribution >= 0.6 is 11.6 Å². The Labute approximate surface area is 186 Å². The highest BCUT2D eigenvalue weighted by atomic mass is 35.5. The maximum absolute atomic E-state index is 12.7. The lowest BCUT2D eigenvalue weighted by molar-refractivity contribution is -0.137. The van der Waals surface area contributed by atoms with Crippen molar-refractivity contribution in [3.05, 3.63) is 95.3 Å². The minimum absolute atomic E-state index is 0.0811. The number of unbranched alkanes of at least 4 members (excludes halogenated alkanes) is 1. The van der Waals surface area contributed by atoms with Crippen molar-refractivity contribution in [2.45, 2.75) is 24.2 Å². The van der Waals surface area contributed by atoms with Crippen molar-refractivity contribution in [1.82, 2.24) is 4.98 Å². The van der Waals surface area contributed by atoms with Gasteiger partial charge in [-0.25, -0.2) is 8.42 Å². The maximum atomic E-state index is 12.7. The Morgan fingerprint density at radius 3 is 2.48 bits per heavy atom. The average molecular weight is 457 g/mol. The molecule has 0 aliphatic rings. The van der Waals surface area contributed by atoms with Gasteiger partial charge in [0.15, 0.2) is 0 Å². The van der Waals surface area contributed by atoms with Gasteiger partial charge in [0, 0.05) is 35.1 Å². The van der Waals surface area contributed by atoms with E-state index in [1.165, 1.54) is 24.3 Å². The lowest BCUT2D eigenvalue weighted by atomic mass is 9.97. The quantitative estimate of drug-likeness (QED) is 0.430. The molecule has 0 bridgehead atoms. The first kappa shape index (κ1) is 22.5. The molecule has 1 heterocycles. The van der Waals surface area contributed by atoms with Gasteiger partial charge in [-0.15, -0.1) is 0 Å². The molecule has 0 radical (unpaired) electrons. The number of benzene rings is 2. The Kier molecular flexibility index (Phi) is 7.44. The van der Waals surface area contributed by atoms with Crippen LogP contribution in [0.4, 0.5) is 5.69 Å². The molecule has 0 unspecified atom stereocenters. The largest absolute Gasteiger partial charge is 0.481 e. The Morgan fingerprint density at radius 2 is 1.81 bits per heavy atom. The van der Waals surface area contributed by atoms with Gasteiger partial charge in [0.2, 0.25) is 0 Å². The zero-order valence-electron chi connectivity index (χ0n) is 16.5. The minimum Gasteiger partial charge on any atom is -0.481 e. The van der Waals surface area contributed by atoms with Crippen LogP contribution in [-0.4, -0.2) is 24.5 Å². The molecule has 6 nitrogen and oxygen atoms in total. The summed E-state index contributed by atoms with van der Waals surface area (Å²) in [6, 6.07) is 16.7. The van der Waals surface area contributed by atoms with Crippen molar-refractivity contribution < 1.29 is 18.3 Å². The standard InChI is InChI=1S/C23H21ClN2O4S/c24-19-10-12-21(13-11-19)31(29,30)26-20-7-3-5-17(15-20)22(8-1-2-9-23(27)28)18-6-4-14-25-16-18/h3-8,10-16,26H,1-2,9H2,(H,27,28)/b22-8-. The second-order valence-corrected chi connectivity index (χ2v) is 8.90. The van der Waals surface area contributed by atoms with E-state index in [0.717, 1.165) is 16.7 Å². The first-order valence-corrected chi connectivity index (χ1v) is 11.4. The molecule has 0 saturated carbocycles. The van der Waals surface area contributed by atoms with E-state index < -0.39 is 16.0 Å². The van der Waals surface area contributed by atoms with Gasteiger partial charge in [0.05, 0.1) is 4.90 Å². The molecule has 0 aliphatic heterocycles. The monoisotopic (exact) mass is 456 g/mol. The highest BCUT2D eigenvalue weighted by Gasteiger charge is 2.15. The molecule has 0 aliphatic carbocycles. The van der Waals surface area contributed by atoms with Gasteiger partial charge in [0.1, 0.15) is 0 Å². The van der Waals surface area contributed by atoms with Crippen LogP contribution in [0.15, 0.2) is 84.0 Å². The Balaban J connectivity index is 1.89. The van der Waals surface area contributed by atoms with Gasteiger partial charge in [-0.3, -0.25) is 14.5 Å². The van der Waals surface area contributed by atoms with E-state index in [1.807, 2.05) is 24.3 Å². The molecule has 8 heteroatoms. The molecule has 0 amide bonds. The lowest BCUT2D eigenvalue weighted by Gasteiger charge is -2.12. The molecule has 0 saturated heterocycles. The van der Waals surface area contributed by atoms with Crippen LogP contribution in [0.1, 0.15) is 30.4 Å². The minimum atomic E-state index is -3.77.